The third-order valence-electron chi connectivity index (χ3n) is 4.66. The van der Waals surface area contributed by atoms with Crippen LogP contribution in [0.4, 0.5) is 4.39 Å². The van der Waals surface area contributed by atoms with E-state index < -0.39 is 0 Å². The average Bonchev–Trinajstić information content (AvgIpc) is 3.16. The van der Waals surface area contributed by atoms with Crippen molar-refractivity contribution in [3.05, 3.63) is 89.9 Å². The SMILES string of the molecule is Cc1c(C(=O)NCCc2cccnc2)cnn1-c1nccc(-c2ccccc2F)n1. The van der Waals surface area contributed by atoms with E-state index in [1.807, 2.05) is 12.1 Å². The van der Waals surface area contributed by atoms with Crippen molar-refractivity contribution in [1.82, 2.24) is 30.0 Å². The molecule has 8 heteroatoms. The summed E-state index contributed by atoms with van der Waals surface area (Å²) >= 11 is 0. The van der Waals surface area contributed by atoms with Gasteiger partial charge in [0, 0.05) is 30.7 Å². The van der Waals surface area contributed by atoms with Crippen LogP contribution in [0.3, 0.4) is 0 Å². The van der Waals surface area contributed by atoms with Gasteiger partial charge in [-0.1, -0.05) is 18.2 Å². The van der Waals surface area contributed by atoms with Crippen molar-refractivity contribution in [2.45, 2.75) is 13.3 Å². The van der Waals surface area contributed by atoms with E-state index in [0.29, 0.717) is 35.5 Å². The highest BCUT2D eigenvalue weighted by molar-refractivity contribution is 5.95. The van der Waals surface area contributed by atoms with Crippen LogP contribution in [-0.2, 0) is 6.42 Å². The van der Waals surface area contributed by atoms with Gasteiger partial charge in [0.15, 0.2) is 0 Å². The lowest BCUT2D eigenvalue weighted by atomic mass is 10.1. The molecule has 3 aromatic heterocycles. The molecular formula is C22H19FN6O. The number of nitrogens with zero attached hydrogens (tertiary/aromatic N) is 5. The Kier molecular flexibility index (Phi) is 5.56. The highest BCUT2D eigenvalue weighted by atomic mass is 19.1. The summed E-state index contributed by atoms with van der Waals surface area (Å²) in [6.07, 6.45) is 7.19. The van der Waals surface area contributed by atoms with E-state index in [1.54, 1.807) is 49.8 Å². The summed E-state index contributed by atoms with van der Waals surface area (Å²) in [6, 6.07) is 11.9. The molecule has 0 bridgehead atoms. The standard InChI is InChI=1S/C22H19FN6O/c1-15-18(21(30)25-11-8-16-5-4-10-24-13-16)14-27-29(15)22-26-12-9-20(28-22)17-6-2-3-7-19(17)23/h2-7,9-10,12-14H,8,11H2,1H3,(H,25,30). The smallest absolute Gasteiger partial charge is 0.254 e. The molecule has 30 heavy (non-hydrogen) atoms. The van der Waals surface area contributed by atoms with Crippen LogP contribution >= 0.6 is 0 Å². The third kappa shape index (κ3) is 4.07. The van der Waals surface area contributed by atoms with Gasteiger partial charge in [-0.3, -0.25) is 9.78 Å². The van der Waals surface area contributed by atoms with Crippen LogP contribution in [0.25, 0.3) is 17.2 Å². The number of carbonyl (C=O) groups excluding carboxylic acids is 1. The van der Waals surface area contributed by atoms with Gasteiger partial charge in [0.1, 0.15) is 5.82 Å². The fraction of sp³-hybridized carbons (Fsp3) is 0.136. The van der Waals surface area contributed by atoms with Gasteiger partial charge in [-0.25, -0.2) is 19.0 Å². The molecular weight excluding hydrogens is 383 g/mol. The van der Waals surface area contributed by atoms with Crippen LogP contribution < -0.4 is 5.32 Å². The second kappa shape index (κ2) is 8.60. The molecule has 3 heterocycles. The largest absolute Gasteiger partial charge is 0.352 e. The molecule has 150 valence electrons. The van der Waals surface area contributed by atoms with E-state index in [-0.39, 0.29) is 17.7 Å². The van der Waals surface area contributed by atoms with E-state index in [0.717, 1.165) is 5.56 Å². The Bertz CT molecular complexity index is 1180. The van der Waals surface area contributed by atoms with Crippen molar-refractivity contribution in [2.24, 2.45) is 0 Å². The van der Waals surface area contributed by atoms with Crippen LogP contribution in [-0.4, -0.2) is 37.2 Å². The van der Waals surface area contributed by atoms with Gasteiger partial charge in [0.25, 0.3) is 11.9 Å². The monoisotopic (exact) mass is 402 g/mol. The van der Waals surface area contributed by atoms with Crippen LogP contribution in [0.1, 0.15) is 21.6 Å². The van der Waals surface area contributed by atoms with Crippen molar-refractivity contribution < 1.29 is 9.18 Å². The molecule has 0 spiro atoms. The van der Waals surface area contributed by atoms with Crippen molar-refractivity contribution >= 4 is 5.91 Å². The first kappa shape index (κ1) is 19.4. The molecule has 0 fully saturated rings. The number of nitrogens with one attached hydrogen (secondary N) is 1. The first-order valence-corrected chi connectivity index (χ1v) is 9.43. The molecule has 1 N–H and O–H groups in total. The summed E-state index contributed by atoms with van der Waals surface area (Å²) in [7, 11) is 0. The molecule has 4 aromatic rings. The molecule has 0 aliphatic heterocycles. The first-order valence-electron chi connectivity index (χ1n) is 9.43. The number of pyridine rings is 1. The molecule has 0 radical (unpaired) electrons. The zero-order valence-electron chi connectivity index (χ0n) is 16.3. The van der Waals surface area contributed by atoms with E-state index >= 15 is 0 Å². The van der Waals surface area contributed by atoms with Gasteiger partial charge in [0.2, 0.25) is 0 Å². The van der Waals surface area contributed by atoms with Gasteiger partial charge in [-0.2, -0.15) is 5.10 Å². The van der Waals surface area contributed by atoms with Crippen LogP contribution in [0.15, 0.2) is 67.3 Å². The van der Waals surface area contributed by atoms with Crippen molar-refractivity contribution in [3.8, 4) is 17.2 Å². The Hall–Kier alpha value is -3.94. The Morgan fingerprint density at radius 2 is 1.97 bits per heavy atom. The number of rotatable bonds is 6. The molecule has 4 rings (SSSR count). The number of hydrogen-bond donors (Lipinski definition) is 1. The third-order valence-corrected chi connectivity index (χ3v) is 4.66. The highest BCUT2D eigenvalue weighted by Crippen LogP contribution is 2.21. The molecule has 0 saturated heterocycles. The number of aromatic nitrogens is 5. The second-order valence-corrected chi connectivity index (χ2v) is 6.64. The lowest BCUT2D eigenvalue weighted by Crippen LogP contribution is -2.26. The predicted octanol–water partition coefficient (Wildman–Crippen LogP) is 3.14. The molecule has 7 nitrogen and oxygen atoms in total. The highest BCUT2D eigenvalue weighted by Gasteiger charge is 2.17. The maximum absolute atomic E-state index is 14.1. The van der Waals surface area contributed by atoms with E-state index in [4.69, 9.17) is 0 Å². The maximum atomic E-state index is 14.1. The van der Waals surface area contributed by atoms with Crippen LogP contribution in [0.5, 0.6) is 0 Å². The molecule has 1 aromatic carbocycles. The number of carbonyl (C=O) groups is 1. The Labute approximate surface area is 172 Å². The minimum absolute atomic E-state index is 0.229. The Morgan fingerprint density at radius 1 is 1.10 bits per heavy atom. The van der Waals surface area contributed by atoms with Crippen molar-refractivity contribution in [2.75, 3.05) is 6.54 Å². The fourth-order valence-corrected chi connectivity index (χ4v) is 3.07. The van der Waals surface area contributed by atoms with E-state index in [1.165, 1.54) is 16.9 Å². The normalized spacial score (nSPS) is 10.7. The number of hydrogen-bond acceptors (Lipinski definition) is 5. The summed E-state index contributed by atoms with van der Waals surface area (Å²) in [5, 5.41) is 7.14. The fourth-order valence-electron chi connectivity index (χ4n) is 3.07. The molecule has 0 atom stereocenters. The topological polar surface area (TPSA) is 85.6 Å². The minimum Gasteiger partial charge on any atom is -0.352 e. The van der Waals surface area contributed by atoms with Crippen LogP contribution in [0, 0.1) is 12.7 Å². The Balaban J connectivity index is 1.51. The summed E-state index contributed by atoms with van der Waals surface area (Å²) in [5.74, 6) is -0.330. The van der Waals surface area contributed by atoms with Crippen molar-refractivity contribution in [3.63, 3.8) is 0 Å². The molecule has 0 aliphatic rings. The van der Waals surface area contributed by atoms with Gasteiger partial charge in [0.05, 0.1) is 23.1 Å². The number of amides is 1. The summed E-state index contributed by atoms with van der Waals surface area (Å²) in [5.41, 5.74) is 2.89. The predicted molar refractivity (Wildman–Crippen MR) is 110 cm³/mol. The minimum atomic E-state index is -0.368. The van der Waals surface area contributed by atoms with Gasteiger partial charge in [-0.15, -0.1) is 0 Å². The number of halogens is 1. The molecule has 0 saturated carbocycles. The lowest BCUT2D eigenvalue weighted by Gasteiger charge is -2.07. The van der Waals surface area contributed by atoms with E-state index in [9.17, 15) is 9.18 Å². The average molecular weight is 402 g/mol. The maximum Gasteiger partial charge on any atom is 0.254 e. The quantitative estimate of drug-likeness (QED) is 0.536. The van der Waals surface area contributed by atoms with Gasteiger partial charge < -0.3 is 5.32 Å². The Morgan fingerprint density at radius 3 is 2.77 bits per heavy atom. The zero-order valence-corrected chi connectivity index (χ0v) is 16.3. The zero-order chi connectivity index (χ0) is 20.9. The molecule has 0 aliphatic carbocycles. The molecule has 1 amide bonds. The molecule has 0 unspecified atom stereocenters. The van der Waals surface area contributed by atoms with E-state index in [2.05, 4.69) is 25.4 Å². The summed E-state index contributed by atoms with van der Waals surface area (Å²) < 4.78 is 15.6. The van der Waals surface area contributed by atoms with Crippen LogP contribution in [0.2, 0.25) is 0 Å². The second-order valence-electron chi connectivity index (χ2n) is 6.64. The lowest BCUT2D eigenvalue weighted by molar-refractivity contribution is 0.0953. The first-order chi connectivity index (χ1) is 14.6. The number of benzene rings is 1. The van der Waals surface area contributed by atoms with Gasteiger partial charge >= 0.3 is 0 Å². The summed E-state index contributed by atoms with van der Waals surface area (Å²) in [4.78, 5) is 25.3. The van der Waals surface area contributed by atoms with Crippen molar-refractivity contribution in [1.29, 1.82) is 0 Å². The van der Waals surface area contributed by atoms with Gasteiger partial charge in [-0.05, 0) is 43.2 Å². The summed E-state index contributed by atoms with van der Waals surface area (Å²) in [6.45, 7) is 2.25.